The summed E-state index contributed by atoms with van der Waals surface area (Å²) in [5.74, 6) is 0. The predicted molar refractivity (Wildman–Crippen MR) is 80.1 cm³/mol. The van der Waals surface area contributed by atoms with Crippen LogP contribution in [0.25, 0.3) is 0 Å². The van der Waals surface area contributed by atoms with Crippen LogP contribution in [0.15, 0.2) is 42.7 Å². The van der Waals surface area contributed by atoms with Crippen LogP contribution in [-0.4, -0.2) is 4.98 Å². The molecule has 0 amide bonds. The molecule has 2 rings (SSSR count). The Kier molecular flexibility index (Phi) is 4.33. The van der Waals surface area contributed by atoms with Gasteiger partial charge in [0.15, 0.2) is 0 Å². The molecule has 1 aromatic carbocycles. The maximum absolute atomic E-state index is 4.17. The van der Waals surface area contributed by atoms with E-state index in [1.165, 1.54) is 22.3 Å². The van der Waals surface area contributed by atoms with Crippen molar-refractivity contribution in [2.45, 2.75) is 39.8 Å². The van der Waals surface area contributed by atoms with Gasteiger partial charge >= 0.3 is 0 Å². The lowest BCUT2D eigenvalue weighted by molar-refractivity contribution is 0.492. The van der Waals surface area contributed by atoms with Gasteiger partial charge in [-0.15, -0.1) is 0 Å². The summed E-state index contributed by atoms with van der Waals surface area (Å²) in [7, 11) is 0. The zero-order chi connectivity index (χ0) is 13.8. The van der Waals surface area contributed by atoms with E-state index in [4.69, 9.17) is 0 Å². The molecule has 0 aliphatic carbocycles. The van der Waals surface area contributed by atoms with Gasteiger partial charge in [0.05, 0.1) is 0 Å². The first-order valence-electron chi connectivity index (χ1n) is 6.81. The molecule has 2 heteroatoms. The molecule has 1 heterocycles. The van der Waals surface area contributed by atoms with Gasteiger partial charge < -0.3 is 5.32 Å². The molecule has 0 saturated heterocycles. The van der Waals surface area contributed by atoms with E-state index in [0.29, 0.717) is 12.1 Å². The van der Waals surface area contributed by atoms with Crippen LogP contribution < -0.4 is 5.32 Å². The topological polar surface area (TPSA) is 24.9 Å². The summed E-state index contributed by atoms with van der Waals surface area (Å²) in [6, 6.07) is 11.4. The molecule has 0 saturated carbocycles. The van der Waals surface area contributed by atoms with E-state index in [1.54, 1.807) is 0 Å². The van der Waals surface area contributed by atoms with Crippen molar-refractivity contribution in [3.63, 3.8) is 0 Å². The smallest absolute Gasteiger partial charge is 0.0315 e. The maximum atomic E-state index is 4.17. The fourth-order valence-corrected chi connectivity index (χ4v) is 2.50. The van der Waals surface area contributed by atoms with Gasteiger partial charge in [-0.05, 0) is 50.5 Å². The highest BCUT2D eigenvalue weighted by Crippen LogP contribution is 2.22. The number of nitrogens with zero attached hydrogens (tertiary/aromatic N) is 1. The number of hydrogen-bond acceptors (Lipinski definition) is 2. The highest BCUT2D eigenvalue weighted by Gasteiger charge is 2.12. The second-order valence-corrected chi connectivity index (χ2v) is 5.26. The van der Waals surface area contributed by atoms with E-state index in [1.807, 2.05) is 18.5 Å². The molecular weight excluding hydrogens is 232 g/mol. The third kappa shape index (κ3) is 3.42. The monoisotopic (exact) mass is 254 g/mol. The third-order valence-corrected chi connectivity index (χ3v) is 3.58. The van der Waals surface area contributed by atoms with Crippen LogP contribution in [-0.2, 0) is 0 Å². The van der Waals surface area contributed by atoms with Crippen molar-refractivity contribution in [1.82, 2.24) is 10.3 Å². The number of aromatic nitrogens is 1. The van der Waals surface area contributed by atoms with E-state index in [-0.39, 0.29) is 0 Å². The molecule has 0 spiro atoms. The number of pyridine rings is 1. The van der Waals surface area contributed by atoms with E-state index in [2.05, 4.69) is 62.3 Å². The fourth-order valence-electron chi connectivity index (χ4n) is 2.50. The van der Waals surface area contributed by atoms with Crippen LogP contribution in [0.4, 0.5) is 0 Å². The molecule has 100 valence electrons. The summed E-state index contributed by atoms with van der Waals surface area (Å²) in [6.45, 7) is 8.70. The van der Waals surface area contributed by atoms with Gasteiger partial charge in [0.2, 0.25) is 0 Å². The summed E-state index contributed by atoms with van der Waals surface area (Å²) >= 11 is 0. The Balaban J connectivity index is 2.10. The summed E-state index contributed by atoms with van der Waals surface area (Å²) < 4.78 is 0. The Hall–Kier alpha value is -1.67. The minimum absolute atomic E-state index is 0.296. The van der Waals surface area contributed by atoms with Gasteiger partial charge in [0, 0.05) is 24.5 Å². The van der Waals surface area contributed by atoms with E-state index >= 15 is 0 Å². The maximum Gasteiger partial charge on any atom is 0.0315 e. The SMILES string of the molecule is Cc1ccc(C(C)NC(C)c2cccnc2)c(C)c1. The number of benzene rings is 1. The van der Waals surface area contributed by atoms with E-state index in [9.17, 15) is 0 Å². The lowest BCUT2D eigenvalue weighted by atomic mass is 9.99. The fraction of sp³-hybridized carbons (Fsp3) is 0.353. The summed E-state index contributed by atoms with van der Waals surface area (Å²) in [6.07, 6.45) is 3.73. The highest BCUT2D eigenvalue weighted by atomic mass is 14.9. The Labute approximate surface area is 115 Å². The molecule has 2 nitrogen and oxygen atoms in total. The first-order chi connectivity index (χ1) is 9.08. The minimum Gasteiger partial charge on any atom is -0.304 e. The predicted octanol–water partition coefficient (Wildman–Crippen LogP) is 4.11. The van der Waals surface area contributed by atoms with E-state index < -0.39 is 0 Å². The van der Waals surface area contributed by atoms with Crippen molar-refractivity contribution in [3.8, 4) is 0 Å². The summed E-state index contributed by atoms with van der Waals surface area (Å²) in [4.78, 5) is 4.17. The van der Waals surface area contributed by atoms with Crippen LogP contribution in [0.1, 0.15) is 48.2 Å². The highest BCUT2D eigenvalue weighted by molar-refractivity contribution is 5.32. The van der Waals surface area contributed by atoms with Gasteiger partial charge in [-0.1, -0.05) is 29.8 Å². The Bertz CT molecular complexity index is 534. The molecule has 0 aliphatic rings. The van der Waals surface area contributed by atoms with Gasteiger partial charge in [0.1, 0.15) is 0 Å². The quantitative estimate of drug-likeness (QED) is 0.888. The molecule has 19 heavy (non-hydrogen) atoms. The molecule has 1 aromatic heterocycles. The molecule has 2 atom stereocenters. The zero-order valence-electron chi connectivity index (χ0n) is 12.1. The average molecular weight is 254 g/mol. The first-order valence-corrected chi connectivity index (χ1v) is 6.81. The van der Waals surface area contributed by atoms with Crippen LogP contribution in [0, 0.1) is 13.8 Å². The molecule has 0 fully saturated rings. The average Bonchev–Trinajstić information content (AvgIpc) is 2.39. The van der Waals surface area contributed by atoms with Crippen LogP contribution in [0.3, 0.4) is 0 Å². The number of hydrogen-bond donors (Lipinski definition) is 1. The molecule has 0 radical (unpaired) electrons. The second-order valence-electron chi connectivity index (χ2n) is 5.26. The van der Waals surface area contributed by atoms with Crippen LogP contribution in [0.2, 0.25) is 0 Å². The lowest BCUT2D eigenvalue weighted by Crippen LogP contribution is -2.23. The van der Waals surface area contributed by atoms with Gasteiger partial charge in [0.25, 0.3) is 0 Å². The van der Waals surface area contributed by atoms with Crippen molar-refractivity contribution in [2.75, 3.05) is 0 Å². The summed E-state index contributed by atoms with van der Waals surface area (Å²) in [5.41, 5.74) is 5.24. The Morgan fingerprint density at radius 3 is 2.47 bits per heavy atom. The van der Waals surface area contributed by atoms with Crippen molar-refractivity contribution < 1.29 is 0 Å². The van der Waals surface area contributed by atoms with Crippen molar-refractivity contribution in [1.29, 1.82) is 0 Å². The number of nitrogens with one attached hydrogen (secondary N) is 1. The second kappa shape index (κ2) is 5.98. The lowest BCUT2D eigenvalue weighted by Gasteiger charge is -2.22. The minimum atomic E-state index is 0.296. The summed E-state index contributed by atoms with van der Waals surface area (Å²) in [5, 5.41) is 3.63. The number of aryl methyl sites for hydroxylation is 2. The molecule has 2 unspecified atom stereocenters. The van der Waals surface area contributed by atoms with Crippen molar-refractivity contribution in [2.24, 2.45) is 0 Å². The zero-order valence-corrected chi connectivity index (χ0v) is 12.1. The van der Waals surface area contributed by atoms with Gasteiger partial charge in [-0.25, -0.2) is 0 Å². The van der Waals surface area contributed by atoms with Gasteiger partial charge in [-0.3, -0.25) is 4.98 Å². The van der Waals surface area contributed by atoms with E-state index in [0.717, 1.165) is 0 Å². The Morgan fingerprint density at radius 1 is 1.05 bits per heavy atom. The normalized spacial score (nSPS) is 14.1. The standard InChI is InChI=1S/C17H22N2/c1-12-7-8-17(13(2)10-12)15(4)19-14(3)16-6-5-9-18-11-16/h5-11,14-15,19H,1-4H3. The van der Waals surface area contributed by atoms with Crippen molar-refractivity contribution >= 4 is 0 Å². The molecule has 0 bridgehead atoms. The molecular formula is C17H22N2. The molecule has 2 aromatic rings. The van der Waals surface area contributed by atoms with Crippen LogP contribution in [0.5, 0.6) is 0 Å². The molecule has 0 aliphatic heterocycles. The number of rotatable bonds is 4. The van der Waals surface area contributed by atoms with Crippen LogP contribution >= 0.6 is 0 Å². The Morgan fingerprint density at radius 2 is 1.84 bits per heavy atom. The van der Waals surface area contributed by atoms with Crippen molar-refractivity contribution in [3.05, 3.63) is 65.0 Å². The van der Waals surface area contributed by atoms with Gasteiger partial charge in [-0.2, -0.15) is 0 Å². The third-order valence-electron chi connectivity index (χ3n) is 3.58. The molecule has 1 N–H and O–H groups in total. The first kappa shape index (κ1) is 13.8. The largest absolute Gasteiger partial charge is 0.304 e.